The Labute approximate surface area is 108 Å². The Morgan fingerprint density at radius 1 is 1.35 bits per heavy atom. The molecule has 1 aromatic carbocycles. The lowest BCUT2D eigenvalue weighted by atomic mass is 9.93. The summed E-state index contributed by atoms with van der Waals surface area (Å²) in [6.07, 6.45) is 5.03. The monoisotopic (exact) mass is 253 g/mol. The van der Waals surface area contributed by atoms with Gasteiger partial charge in [-0.3, -0.25) is 0 Å². The summed E-state index contributed by atoms with van der Waals surface area (Å²) in [6.45, 7) is 2.06. The Bertz CT molecular complexity index is 380. The van der Waals surface area contributed by atoms with Gasteiger partial charge in [-0.25, -0.2) is 0 Å². The molecule has 2 unspecified atom stereocenters. The molecule has 0 radical (unpaired) electrons. The second kappa shape index (κ2) is 5.74. The van der Waals surface area contributed by atoms with E-state index in [9.17, 15) is 0 Å². The molecule has 2 atom stereocenters. The molecule has 0 aliphatic heterocycles. The van der Waals surface area contributed by atoms with Crippen LogP contribution in [0.25, 0.3) is 0 Å². The van der Waals surface area contributed by atoms with Gasteiger partial charge in [-0.2, -0.15) is 0 Å². The molecular formula is C14H20ClNO. The molecule has 17 heavy (non-hydrogen) atoms. The molecule has 94 valence electrons. The van der Waals surface area contributed by atoms with Crippen molar-refractivity contribution < 1.29 is 4.74 Å². The Morgan fingerprint density at radius 3 is 2.94 bits per heavy atom. The summed E-state index contributed by atoms with van der Waals surface area (Å²) in [6, 6.07) is 6.42. The smallest absolute Gasteiger partial charge is 0.124 e. The highest BCUT2D eigenvalue weighted by molar-refractivity contribution is 6.30. The minimum Gasteiger partial charge on any atom is -0.490 e. The van der Waals surface area contributed by atoms with Gasteiger partial charge in [-0.05, 0) is 57.4 Å². The molecule has 1 aromatic rings. The van der Waals surface area contributed by atoms with E-state index >= 15 is 0 Å². The van der Waals surface area contributed by atoms with Crippen LogP contribution in [0.1, 0.15) is 31.2 Å². The first-order valence-electron chi connectivity index (χ1n) is 6.29. The highest BCUT2D eigenvalue weighted by Crippen LogP contribution is 2.28. The molecule has 0 spiro atoms. The topological polar surface area (TPSA) is 21.3 Å². The predicted molar refractivity (Wildman–Crippen MR) is 71.9 cm³/mol. The van der Waals surface area contributed by atoms with Crippen LogP contribution < -0.4 is 10.1 Å². The third kappa shape index (κ3) is 3.36. The van der Waals surface area contributed by atoms with E-state index in [0.717, 1.165) is 29.2 Å². The zero-order chi connectivity index (χ0) is 12.3. The van der Waals surface area contributed by atoms with Crippen LogP contribution in [0.5, 0.6) is 5.75 Å². The van der Waals surface area contributed by atoms with E-state index in [2.05, 4.69) is 12.2 Å². The first-order chi connectivity index (χ1) is 8.19. The van der Waals surface area contributed by atoms with Crippen LogP contribution in [0.15, 0.2) is 18.2 Å². The van der Waals surface area contributed by atoms with E-state index in [-0.39, 0.29) is 0 Å². The quantitative estimate of drug-likeness (QED) is 0.890. The number of hydrogen-bond donors (Lipinski definition) is 1. The molecule has 2 nitrogen and oxygen atoms in total. The van der Waals surface area contributed by atoms with Gasteiger partial charge in [0, 0.05) is 11.1 Å². The van der Waals surface area contributed by atoms with E-state index < -0.39 is 0 Å². The van der Waals surface area contributed by atoms with Gasteiger partial charge in [0.2, 0.25) is 0 Å². The van der Waals surface area contributed by atoms with E-state index in [1.54, 1.807) is 0 Å². The zero-order valence-electron chi connectivity index (χ0n) is 10.5. The van der Waals surface area contributed by atoms with Gasteiger partial charge < -0.3 is 10.1 Å². The van der Waals surface area contributed by atoms with Crippen molar-refractivity contribution in [2.45, 2.75) is 44.8 Å². The summed E-state index contributed by atoms with van der Waals surface area (Å²) in [5, 5.41) is 4.08. The van der Waals surface area contributed by atoms with Crippen LogP contribution in [0.4, 0.5) is 0 Å². The maximum atomic E-state index is 6.07. The molecule has 1 aliphatic rings. The Hall–Kier alpha value is -0.730. The minimum absolute atomic E-state index is 0.318. The number of aryl methyl sites for hydroxylation is 1. The molecule has 1 fully saturated rings. The third-order valence-electron chi connectivity index (χ3n) is 3.48. The SMILES string of the molecule is CNC1CCCC(Oc2cc(Cl)ccc2C)C1. The number of benzene rings is 1. The maximum absolute atomic E-state index is 6.07. The van der Waals surface area contributed by atoms with Gasteiger partial charge in [0.1, 0.15) is 11.9 Å². The molecule has 1 saturated carbocycles. The third-order valence-corrected chi connectivity index (χ3v) is 3.71. The largest absolute Gasteiger partial charge is 0.490 e. The summed E-state index contributed by atoms with van der Waals surface area (Å²) in [7, 11) is 2.03. The van der Waals surface area contributed by atoms with Gasteiger partial charge in [0.15, 0.2) is 0 Å². The average Bonchev–Trinajstić information content (AvgIpc) is 2.34. The zero-order valence-corrected chi connectivity index (χ0v) is 11.3. The van der Waals surface area contributed by atoms with Crippen molar-refractivity contribution in [2.24, 2.45) is 0 Å². The highest BCUT2D eigenvalue weighted by Gasteiger charge is 2.22. The van der Waals surface area contributed by atoms with Crippen LogP contribution in [0.2, 0.25) is 5.02 Å². The van der Waals surface area contributed by atoms with Gasteiger partial charge in [-0.1, -0.05) is 17.7 Å². The lowest BCUT2D eigenvalue weighted by molar-refractivity contribution is 0.136. The molecule has 1 N–H and O–H groups in total. The van der Waals surface area contributed by atoms with Crippen LogP contribution in [-0.2, 0) is 0 Å². The number of nitrogens with one attached hydrogen (secondary N) is 1. The van der Waals surface area contributed by atoms with Crippen molar-refractivity contribution in [3.05, 3.63) is 28.8 Å². The van der Waals surface area contributed by atoms with E-state index in [0.29, 0.717) is 12.1 Å². The van der Waals surface area contributed by atoms with Crippen molar-refractivity contribution in [2.75, 3.05) is 7.05 Å². The van der Waals surface area contributed by atoms with Crippen molar-refractivity contribution in [1.82, 2.24) is 5.32 Å². The Morgan fingerprint density at radius 2 is 2.18 bits per heavy atom. The fraction of sp³-hybridized carbons (Fsp3) is 0.571. The number of hydrogen-bond acceptors (Lipinski definition) is 2. The fourth-order valence-electron chi connectivity index (χ4n) is 2.39. The number of ether oxygens (including phenoxy) is 1. The molecule has 0 saturated heterocycles. The van der Waals surface area contributed by atoms with Gasteiger partial charge >= 0.3 is 0 Å². The standard InChI is InChI=1S/C14H20ClNO/c1-10-6-7-11(15)8-14(10)17-13-5-3-4-12(9-13)16-2/h6-8,12-13,16H,3-5,9H2,1-2H3. The van der Waals surface area contributed by atoms with Crippen molar-refractivity contribution >= 4 is 11.6 Å². The van der Waals surface area contributed by atoms with Crippen molar-refractivity contribution in [1.29, 1.82) is 0 Å². The molecule has 0 bridgehead atoms. The van der Waals surface area contributed by atoms with Crippen LogP contribution in [-0.4, -0.2) is 19.2 Å². The molecule has 0 aromatic heterocycles. The Balaban J connectivity index is 2.02. The number of halogens is 1. The molecule has 0 heterocycles. The molecule has 1 aliphatic carbocycles. The highest BCUT2D eigenvalue weighted by atomic mass is 35.5. The molecular weight excluding hydrogens is 234 g/mol. The lowest BCUT2D eigenvalue weighted by Gasteiger charge is -2.29. The first kappa shape index (κ1) is 12.7. The van der Waals surface area contributed by atoms with Crippen LogP contribution >= 0.6 is 11.6 Å². The van der Waals surface area contributed by atoms with Crippen LogP contribution in [0, 0.1) is 6.92 Å². The van der Waals surface area contributed by atoms with Crippen LogP contribution in [0.3, 0.4) is 0 Å². The minimum atomic E-state index is 0.318. The summed E-state index contributed by atoms with van der Waals surface area (Å²) in [4.78, 5) is 0. The van der Waals surface area contributed by atoms with Gasteiger partial charge in [0.25, 0.3) is 0 Å². The van der Waals surface area contributed by atoms with Crippen molar-refractivity contribution in [3.63, 3.8) is 0 Å². The normalized spacial score (nSPS) is 24.6. The van der Waals surface area contributed by atoms with Crippen molar-refractivity contribution in [3.8, 4) is 5.75 Å². The first-order valence-corrected chi connectivity index (χ1v) is 6.67. The second-order valence-electron chi connectivity index (χ2n) is 4.80. The summed E-state index contributed by atoms with van der Waals surface area (Å²) in [5.41, 5.74) is 1.15. The second-order valence-corrected chi connectivity index (χ2v) is 5.24. The molecule has 3 heteroatoms. The summed E-state index contributed by atoms with van der Waals surface area (Å²) in [5.74, 6) is 0.930. The lowest BCUT2D eigenvalue weighted by Crippen LogP contribution is -2.36. The fourth-order valence-corrected chi connectivity index (χ4v) is 2.56. The summed E-state index contributed by atoms with van der Waals surface area (Å²) < 4.78 is 6.07. The predicted octanol–water partition coefficient (Wildman–Crippen LogP) is 3.56. The maximum Gasteiger partial charge on any atom is 0.124 e. The number of rotatable bonds is 3. The van der Waals surface area contributed by atoms with Gasteiger partial charge in [0.05, 0.1) is 0 Å². The van der Waals surface area contributed by atoms with Gasteiger partial charge in [-0.15, -0.1) is 0 Å². The van der Waals surface area contributed by atoms with E-state index in [1.165, 1.54) is 12.8 Å². The summed E-state index contributed by atoms with van der Waals surface area (Å²) >= 11 is 6.00. The molecule has 2 rings (SSSR count). The van der Waals surface area contributed by atoms with E-state index in [4.69, 9.17) is 16.3 Å². The average molecular weight is 254 g/mol. The Kier molecular flexibility index (Phi) is 4.30. The molecule has 0 amide bonds. The van der Waals surface area contributed by atoms with E-state index in [1.807, 2.05) is 25.2 Å².